The van der Waals surface area contributed by atoms with Gasteiger partial charge in [-0.05, 0) is 39.5 Å². The Bertz CT molecular complexity index is 261. The summed E-state index contributed by atoms with van der Waals surface area (Å²) in [7, 11) is 0. The van der Waals surface area contributed by atoms with Crippen LogP contribution in [-0.4, -0.2) is 29.2 Å². The summed E-state index contributed by atoms with van der Waals surface area (Å²) in [5, 5.41) is 0. The van der Waals surface area contributed by atoms with Crippen LogP contribution in [-0.2, 0) is 9.47 Å². The molecule has 0 radical (unpaired) electrons. The molecule has 1 saturated carbocycles. The van der Waals surface area contributed by atoms with Gasteiger partial charge in [0, 0.05) is 10.2 Å². The van der Waals surface area contributed by atoms with Crippen molar-refractivity contribution in [3.63, 3.8) is 0 Å². The average molecular weight is 305 g/mol. The summed E-state index contributed by atoms with van der Waals surface area (Å²) in [6, 6.07) is 0. The van der Waals surface area contributed by atoms with Gasteiger partial charge in [0.1, 0.15) is 0 Å². The first-order valence-corrected chi connectivity index (χ1v) is 7.82. The maximum atomic E-state index is 6.34. The molecule has 2 fully saturated rings. The fraction of sp³-hybridized carbons (Fsp3) is 1.00. The monoisotopic (exact) mass is 304 g/mol. The van der Waals surface area contributed by atoms with Crippen LogP contribution in [0, 0.1) is 5.41 Å². The van der Waals surface area contributed by atoms with Gasteiger partial charge in [0.15, 0.2) is 0 Å². The molecule has 3 heteroatoms. The molecule has 0 bridgehead atoms. The zero-order chi connectivity index (χ0) is 12.6. The summed E-state index contributed by atoms with van der Waals surface area (Å²) >= 11 is 3.77. The lowest BCUT2D eigenvalue weighted by molar-refractivity contribution is -0.173. The van der Waals surface area contributed by atoms with Crippen molar-refractivity contribution in [2.75, 3.05) is 0 Å². The average Bonchev–Trinajstić information content (AvgIpc) is 2.26. The minimum absolute atomic E-state index is 0.324. The maximum absolute atomic E-state index is 6.34. The van der Waals surface area contributed by atoms with Crippen molar-refractivity contribution in [2.45, 2.75) is 82.6 Å². The fourth-order valence-corrected chi connectivity index (χ4v) is 4.07. The van der Waals surface area contributed by atoms with E-state index in [9.17, 15) is 0 Å². The van der Waals surface area contributed by atoms with Gasteiger partial charge in [-0.25, -0.2) is 0 Å². The van der Waals surface area contributed by atoms with Crippen molar-refractivity contribution < 1.29 is 9.47 Å². The van der Waals surface area contributed by atoms with Crippen LogP contribution in [0.15, 0.2) is 0 Å². The number of ether oxygens (including phenoxy) is 2. The zero-order valence-corrected chi connectivity index (χ0v) is 13.0. The molecule has 100 valence electrons. The van der Waals surface area contributed by atoms with E-state index in [1.165, 1.54) is 6.42 Å². The van der Waals surface area contributed by atoms with Crippen molar-refractivity contribution in [3.8, 4) is 0 Å². The van der Waals surface area contributed by atoms with Gasteiger partial charge in [-0.15, -0.1) is 0 Å². The maximum Gasteiger partial charge on any atom is 0.0653 e. The summed E-state index contributed by atoms with van der Waals surface area (Å²) in [4.78, 5) is 0.625. The zero-order valence-electron chi connectivity index (χ0n) is 11.4. The van der Waals surface area contributed by atoms with E-state index in [0.29, 0.717) is 34.7 Å². The lowest BCUT2D eigenvalue weighted by Crippen LogP contribution is -2.55. The van der Waals surface area contributed by atoms with E-state index in [2.05, 4.69) is 43.6 Å². The molecule has 2 aliphatic rings. The van der Waals surface area contributed by atoms with Crippen LogP contribution in [0.4, 0.5) is 0 Å². The standard InChI is InChI=1S/C14H25BrO2/c1-5-14(4)12(15)8-13(14)17-11-6-9(2)16-10(3)7-11/h9-13H,5-8H2,1-4H3. The molecular weight excluding hydrogens is 280 g/mol. The highest BCUT2D eigenvalue weighted by molar-refractivity contribution is 9.09. The second-order valence-electron chi connectivity index (χ2n) is 6.04. The third-order valence-electron chi connectivity index (χ3n) is 4.64. The largest absolute Gasteiger partial charge is 0.375 e. The van der Waals surface area contributed by atoms with Crippen LogP contribution in [0.1, 0.15) is 53.4 Å². The van der Waals surface area contributed by atoms with Crippen LogP contribution in [0.3, 0.4) is 0 Å². The van der Waals surface area contributed by atoms with Gasteiger partial charge in [-0.3, -0.25) is 0 Å². The Hall–Kier alpha value is 0.400. The van der Waals surface area contributed by atoms with E-state index in [-0.39, 0.29) is 0 Å². The lowest BCUT2D eigenvalue weighted by Gasteiger charge is -2.52. The van der Waals surface area contributed by atoms with E-state index >= 15 is 0 Å². The number of rotatable bonds is 3. The van der Waals surface area contributed by atoms with Gasteiger partial charge in [0.25, 0.3) is 0 Å². The quantitative estimate of drug-likeness (QED) is 0.736. The molecule has 2 rings (SSSR count). The molecule has 2 nitrogen and oxygen atoms in total. The Morgan fingerprint density at radius 2 is 1.82 bits per heavy atom. The molecule has 0 aromatic heterocycles. The molecule has 17 heavy (non-hydrogen) atoms. The first-order valence-electron chi connectivity index (χ1n) is 6.90. The van der Waals surface area contributed by atoms with E-state index in [1.54, 1.807) is 0 Å². The normalized spacial score (nSPS) is 51.0. The minimum atomic E-state index is 0.324. The van der Waals surface area contributed by atoms with Crippen LogP contribution in [0.2, 0.25) is 0 Å². The van der Waals surface area contributed by atoms with Crippen molar-refractivity contribution in [3.05, 3.63) is 0 Å². The second-order valence-corrected chi connectivity index (χ2v) is 7.14. The molecule has 0 aromatic carbocycles. The van der Waals surface area contributed by atoms with E-state index in [4.69, 9.17) is 9.47 Å². The Balaban J connectivity index is 1.89. The summed E-state index contributed by atoms with van der Waals surface area (Å²) in [5.41, 5.74) is 0.324. The van der Waals surface area contributed by atoms with Crippen LogP contribution in [0.5, 0.6) is 0 Å². The Kier molecular flexibility index (Phi) is 4.21. The van der Waals surface area contributed by atoms with Crippen LogP contribution in [0.25, 0.3) is 0 Å². The van der Waals surface area contributed by atoms with Gasteiger partial charge in [-0.2, -0.15) is 0 Å². The van der Waals surface area contributed by atoms with Gasteiger partial charge < -0.3 is 9.47 Å². The van der Waals surface area contributed by atoms with E-state index in [0.717, 1.165) is 19.3 Å². The van der Waals surface area contributed by atoms with Gasteiger partial charge in [0.05, 0.1) is 24.4 Å². The minimum Gasteiger partial charge on any atom is -0.375 e. The molecule has 5 atom stereocenters. The summed E-state index contributed by atoms with van der Waals surface area (Å²) in [6.07, 6.45) is 5.95. The predicted molar refractivity (Wildman–Crippen MR) is 73.6 cm³/mol. The highest BCUT2D eigenvalue weighted by Crippen LogP contribution is 2.50. The summed E-state index contributed by atoms with van der Waals surface area (Å²) < 4.78 is 12.1. The van der Waals surface area contributed by atoms with Gasteiger partial charge in [0.2, 0.25) is 0 Å². The van der Waals surface area contributed by atoms with Crippen molar-refractivity contribution in [2.24, 2.45) is 5.41 Å². The number of hydrogen-bond donors (Lipinski definition) is 0. The SMILES string of the molecule is CCC1(C)C(Br)CC1OC1CC(C)OC(C)C1. The number of hydrogen-bond acceptors (Lipinski definition) is 2. The van der Waals surface area contributed by atoms with Crippen LogP contribution < -0.4 is 0 Å². The molecule has 0 aromatic rings. The molecule has 5 unspecified atom stereocenters. The topological polar surface area (TPSA) is 18.5 Å². The lowest BCUT2D eigenvalue weighted by atomic mass is 9.65. The van der Waals surface area contributed by atoms with E-state index < -0.39 is 0 Å². The predicted octanol–water partition coefficient (Wildman–Crippen LogP) is 3.91. The van der Waals surface area contributed by atoms with Crippen molar-refractivity contribution >= 4 is 15.9 Å². The molecular formula is C14H25BrO2. The Morgan fingerprint density at radius 3 is 2.29 bits per heavy atom. The second kappa shape index (κ2) is 5.18. The number of alkyl halides is 1. The van der Waals surface area contributed by atoms with Gasteiger partial charge >= 0.3 is 0 Å². The molecule has 1 aliphatic carbocycles. The molecule has 0 amide bonds. The first-order chi connectivity index (χ1) is 7.95. The third-order valence-corrected chi connectivity index (χ3v) is 6.06. The number of halogens is 1. The Labute approximate surface area is 114 Å². The van der Waals surface area contributed by atoms with Crippen LogP contribution >= 0.6 is 15.9 Å². The van der Waals surface area contributed by atoms with Gasteiger partial charge in [-0.1, -0.05) is 29.8 Å². The first kappa shape index (κ1) is 13.8. The summed E-state index contributed by atoms with van der Waals surface area (Å²) in [6.45, 7) is 8.91. The molecule has 1 saturated heterocycles. The molecule has 1 aliphatic heterocycles. The van der Waals surface area contributed by atoms with Crippen molar-refractivity contribution in [1.82, 2.24) is 0 Å². The molecule has 0 spiro atoms. The summed E-state index contributed by atoms with van der Waals surface area (Å²) in [5.74, 6) is 0. The smallest absolute Gasteiger partial charge is 0.0653 e. The highest BCUT2D eigenvalue weighted by atomic mass is 79.9. The van der Waals surface area contributed by atoms with E-state index in [1.807, 2.05) is 0 Å². The van der Waals surface area contributed by atoms with Crippen molar-refractivity contribution in [1.29, 1.82) is 0 Å². The Morgan fingerprint density at radius 1 is 1.24 bits per heavy atom. The molecule has 1 heterocycles. The third kappa shape index (κ3) is 2.71. The fourth-order valence-electron chi connectivity index (χ4n) is 3.12. The highest BCUT2D eigenvalue weighted by Gasteiger charge is 2.50. The molecule has 0 N–H and O–H groups in total.